The van der Waals surface area contributed by atoms with E-state index in [0.29, 0.717) is 6.42 Å². The van der Waals surface area contributed by atoms with Crippen LogP contribution in [0.2, 0.25) is 0 Å². The Bertz CT molecular complexity index is 972. The Kier molecular flexibility index (Phi) is 17.3. The summed E-state index contributed by atoms with van der Waals surface area (Å²) in [5.74, 6) is -6.64. The summed E-state index contributed by atoms with van der Waals surface area (Å²) in [4.78, 5) is 77.2. The van der Waals surface area contributed by atoms with E-state index in [9.17, 15) is 39.0 Å². The van der Waals surface area contributed by atoms with Crippen molar-refractivity contribution in [3.05, 3.63) is 0 Å². The third kappa shape index (κ3) is 14.0. The lowest BCUT2D eigenvalue weighted by molar-refractivity contribution is -0.143. The summed E-state index contributed by atoms with van der Waals surface area (Å²) >= 11 is 0. The van der Waals surface area contributed by atoms with Gasteiger partial charge in [0.15, 0.2) is 5.96 Å². The van der Waals surface area contributed by atoms with Crippen LogP contribution in [0.15, 0.2) is 4.99 Å². The van der Waals surface area contributed by atoms with E-state index in [1.165, 1.54) is 6.92 Å². The molecule has 240 valence electrons. The number of hydrogen-bond donors (Lipinski definition) is 12. The average Bonchev–Trinajstić information content (AvgIpc) is 2.91. The molecule has 0 radical (unpaired) electrons. The number of carbonyl (C=O) groups is 6. The van der Waals surface area contributed by atoms with Gasteiger partial charge in [-0.3, -0.25) is 29.0 Å². The van der Waals surface area contributed by atoms with Gasteiger partial charge in [-0.25, -0.2) is 4.79 Å². The van der Waals surface area contributed by atoms with Gasteiger partial charge in [0.1, 0.15) is 24.2 Å². The predicted molar refractivity (Wildman–Crippen MR) is 147 cm³/mol. The van der Waals surface area contributed by atoms with E-state index in [-0.39, 0.29) is 18.9 Å². The number of carbonyl (C=O) groups excluding carboxylic acids is 5. The minimum atomic E-state index is -1.68. The van der Waals surface area contributed by atoms with Gasteiger partial charge in [0.25, 0.3) is 0 Å². The highest BCUT2D eigenvalue weighted by Crippen LogP contribution is 2.06. The number of hydrogen-bond acceptors (Lipinski definition) is 11. The fourth-order valence-electron chi connectivity index (χ4n) is 3.27. The molecule has 0 aromatic rings. The fourth-order valence-corrected chi connectivity index (χ4v) is 3.27. The van der Waals surface area contributed by atoms with E-state index in [2.05, 4.69) is 26.3 Å². The van der Waals surface area contributed by atoms with Gasteiger partial charge in [0.2, 0.25) is 29.5 Å². The zero-order valence-corrected chi connectivity index (χ0v) is 23.7. The van der Waals surface area contributed by atoms with Gasteiger partial charge in [-0.2, -0.15) is 0 Å². The first kappa shape index (κ1) is 37.9. The summed E-state index contributed by atoms with van der Waals surface area (Å²) < 4.78 is 0. The topological polar surface area (TPSA) is 334 Å². The molecular formula is C23H43N9O10. The van der Waals surface area contributed by atoms with Gasteiger partial charge in [-0.15, -0.1) is 0 Å². The number of amides is 5. The van der Waals surface area contributed by atoms with Crippen LogP contribution in [-0.2, 0) is 28.8 Å². The number of aliphatic hydroxyl groups is 3. The number of rotatable bonds is 19. The molecule has 15 N–H and O–H groups in total. The van der Waals surface area contributed by atoms with Crippen LogP contribution >= 0.6 is 0 Å². The van der Waals surface area contributed by atoms with E-state index in [4.69, 9.17) is 27.4 Å². The van der Waals surface area contributed by atoms with Crippen LogP contribution < -0.4 is 43.8 Å². The highest BCUT2D eigenvalue weighted by atomic mass is 16.4. The summed E-state index contributed by atoms with van der Waals surface area (Å²) in [7, 11) is 0. The van der Waals surface area contributed by atoms with Crippen molar-refractivity contribution in [1.29, 1.82) is 0 Å². The molecule has 0 aliphatic heterocycles. The first-order valence-corrected chi connectivity index (χ1v) is 13.0. The standard InChI is InChI=1S/C23H43N9O10/c1-10(2)16(31-18(37)12(24)5-4-6-27-23(25)26)21(40)32-17(11(3)35)20(39)28-7-15(36)29-13(8-33)19(38)30-14(9-34)22(41)42/h10-14,16-17,33-35H,4-9,24H2,1-3H3,(H,28,39)(H,29,36)(H,30,38)(H,31,37)(H,32,40)(H,41,42)(H4,25,26,27)/t11-,12-,13-,14-,16-,17-/m0/s1. The maximum absolute atomic E-state index is 12.9. The van der Waals surface area contributed by atoms with Crippen molar-refractivity contribution in [2.24, 2.45) is 28.1 Å². The molecule has 0 rings (SSSR count). The summed E-state index contributed by atoms with van der Waals surface area (Å²) in [5, 5.41) is 48.3. The summed E-state index contributed by atoms with van der Waals surface area (Å²) in [6.45, 7) is 2.08. The molecule has 0 saturated heterocycles. The van der Waals surface area contributed by atoms with Gasteiger partial charge in [0.05, 0.1) is 31.9 Å². The third-order valence-electron chi connectivity index (χ3n) is 5.67. The van der Waals surface area contributed by atoms with Crippen LogP contribution in [0, 0.1) is 5.92 Å². The number of aliphatic hydroxyl groups excluding tert-OH is 3. The van der Waals surface area contributed by atoms with Crippen LogP contribution in [0.5, 0.6) is 0 Å². The predicted octanol–water partition coefficient (Wildman–Crippen LogP) is -6.47. The lowest BCUT2D eigenvalue weighted by Crippen LogP contribution is -2.60. The van der Waals surface area contributed by atoms with Crippen LogP contribution in [0.4, 0.5) is 0 Å². The smallest absolute Gasteiger partial charge is 0.328 e. The van der Waals surface area contributed by atoms with E-state index in [1.54, 1.807) is 13.8 Å². The first-order valence-electron chi connectivity index (χ1n) is 13.0. The fraction of sp³-hybridized carbons (Fsp3) is 0.696. The van der Waals surface area contributed by atoms with E-state index < -0.39 is 97.5 Å². The Balaban J connectivity index is 5.16. The number of aliphatic imine (C=N–C) groups is 1. The number of nitrogens with two attached hydrogens (primary N) is 3. The zero-order chi connectivity index (χ0) is 32.6. The van der Waals surface area contributed by atoms with E-state index in [0.717, 1.165) is 0 Å². The highest BCUT2D eigenvalue weighted by Gasteiger charge is 2.32. The van der Waals surface area contributed by atoms with Crippen molar-refractivity contribution in [2.75, 3.05) is 26.3 Å². The zero-order valence-electron chi connectivity index (χ0n) is 23.7. The lowest BCUT2D eigenvalue weighted by Gasteiger charge is -2.27. The molecule has 0 spiro atoms. The van der Waals surface area contributed by atoms with Crippen molar-refractivity contribution in [2.45, 2.75) is 69.9 Å². The molecule has 0 aliphatic carbocycles. The molecule has 0 aromatic heterocycles. The molecule has 0 saturated carbocycles. The Labute approximate surface area is 242 Å². The van der Waals surface area contributed by atoms with Gasteiger partial charge < -0.3 is 64.2 Å². The molecule has 19 nitrogen and oxygen atoms in total. The first-order chi connectivity index (χ1) is 19.5. The van der Waals surface area contributed by atoms with Crippen LogP contribution in [0.25, 0.3) is 0 Å². The van der Waals surface area contributed by atoms with Crippen molar-refractivity contribution in [3.8, 4) is 0 Å². The van der Waals surface area contributed by atoms with E-state index in [1.807, 2.05) is 5.32 Å². The molecule has 6 atom stereocenters. The quantitative estimate of drug-likeness (QED) is 0.0370. The molecule has 0 heterocycles. The molecule has 19 heteroatoms. The number of carboxylic acids is 1. The molecular weight excluding hydrogens is 562 g/mol. The van der Waals surface area contributed by atoms with E-state index >= 15 is 0 Å². The van der Waals surface area contributed by atoms with Gasteiger partial charge in [-0.05, 0) is 25.7 Å². The molecule has 5 amide bonds. The second-order valence-electron chi connectivity index (χ2n) is 9.61. The number of nitrogens with zero attached hydrogens (tertiary/aromatic N) is 1. The van der Waals surface area contributed by atoms with Gasteiger partial charge in [-0.1, -0.05) is 13.8 Å². The second kappa shape index (κ2) is 19.1. The second-order valence-corrected chi connectivity index (χ2v) is 9.61. The summed E-state index contributed by atoms with van der Waals surface area (Å²) in [6.07, 6.45) is -0.824. The molecule has 0 fully saturated rings. The minimum absolute atomic E-state index is 0.103. The summed E-state index contributed by atoms with van der Waals surface area (Å²) in [5.41, 5.74) is 16.4. The Hall–Kier alpha value is -4.07. The third-order valence-corrected chi connectivity index (χ3v) is 5.67. The normalized spacial score (nSPS) is 15.1. The van der Waals surface area contributed by atoms with Crippen molar-refractivity contribution >= 4 is 41.5 Å². The summed E-state index contributed by atoms with van der Waals surface area (Å²) in [6, 6.07) is -6.97. The molecule has 0 aromatic carbocycles. The van der Waals surface area contributed by atoms with Crippen molar-refractivity contribution in [3.63, 3.8) is 0 Å². The number of nitrogens with one attached hydrogen (secondary N) is 5. The number of carboxylic acid groups (broad SMARTS) is 1. The molecule has 0 aliphatic rings. The number of guanidine groups is 1. The average molecular weight is 606 g/mol. The van der Waals surface area contributed by atoms with Crippen molar-refractivity contribution < 1.29 is 49.2 Å². The van der Waals surface area contributed by atoms with Crippen molar-refractivity contribution in [1.82, 2.24) is 26.6 Å². The Morgan fingerprint density at radius 1 is 0.786 bits per heavy atom. The molecule has 0 bridgehead atoms. The van der Waals surface area contributed by atoms with Gasteiger partial charge in [0, 0.05) is 6.54 Å². The van der Waals surface area contributed by atoms with Gasteiger partial charge >= 0.3 is 5.97 Å². The lowest BCUT2D eigenvalue weighted by atomic mass is 10.0. The van der Waals surface area contributed by atoms with Crippen LogP contribution in [0.3, 0.4) is 0 Å². The Morgan fingerprint density at radius 2 is 1.36 bits per heavy atom. The molecule has 0 unspecified atom stereocenters. The van der Waals surface area contributed by atoms with Crippen LogP contribution in [0.1, 0.15) is 33.6 Å². The maximum atomic E-state index is 12.9. The number of aliphatic carboxylic acids is 1. The maximum Gasteiger partial charge on any atom is 0.328 e. The molecule has 42 heavy (non-hydrogen) atoms. The Morgan fingerprint density at radius 3 is 1.83 bits per heavy atom. The largest absolute Gasteiger partial charge is 0.480 e. The SMILES string of the molecule is CC(C)[C@H](NC(=O)[C@@H](N)CCCN=C(N)N)C(=O)N[C@H](C(=O)NCC(=O)N[C@@H](CO)C(=O)N[C@@H](CO)C(=O)O)[C@H](C)O. The highest BCUT2D eigenvalue weighted by molar-refractivity contribution is 5.95. The van der Waals surface area contributed by atoms with Crippen LogP contribution in [-0.4, -0.2) is 125 Å². The monoisotopic (exact) mass is 605 g/mol. The minimum Gasteiger partial charge on any atom is -0.480 e.